The van der Waals surface area contributed by atoms with Crippen molar-refractivity contribution in [3.05, 3.63) is 0 Å². The molecule has 1 aliphatic carbocycles. The number of fused-ring (bicyclic) bond motifs is 1. The molecule has 25 heavy (non-hydrogen) atoms. The molecule has 8 heteroatoms. The predicted molar refractivity (Wildman–Crippen MR) is 98.8 cm³/mol. The minimum absolute atomic E-state index is 0.000653. The van der Waals surface area contributed by atoms with Gasteiger partial charge in [-0.05, 0) is 18.8 Å². The lowest BCUT2D eigenvalue weighted by atomic mass is 9.89. The minimum Gasteiger partial charge on any atom is -0.325 e. The van der Waals surface area contributed by atoms with E-state index in [1.54, 1.807) is 4.90 Å². The van der Waals surface area contributed by atoms with Crippen molar-refractivity contribution in [1.29, 1.82) is 5.26 Å². The number of nitriles is 1. The lowest BCUT2D eigenvalue weighted by Gasteiger charge is -2.46. The fourth-order valence-electron chi connectivity index (χ4n) is 4.62. The van der Waals surface area contributed by atoms with Crippen molar-refractivity contribution in [3.63, 3.8) is 0 Å². The molecular weight excluding hydrogens is 358 g/mol. The van der Waals surface area contributed by atoms with Crippen LogP contribution >= 0.6 is 23.4 Å². The first-order valence-corrected chi connectivity index (χ1v) is 10.8. The number of rotatable bonds is 2. The fraction of sp³-hybridized carbons (Fsp3) is 0.882. The molecule has 1 N–H and O–H groups in total. The lowest BCUT2D eigenvalue weighted by molar-refractivity contribution is -0.145. The van der Waals surface area contributed by atoms with Gasteiger partial charge in [-0.1, -0.05) is 19.3 Å². The first-order chi connectivity index (χ1) is 12.2. The van der Waals surface area contributed by atoms with Crippen LogP contribution in [0, 0.1) is 17.4 Å². The highest BCUT2D eigenvalue weighted by molar-refractivity contribution is 8.00. The summed E-state index contributed by atoms with van der Waals surface area (Å²) in [6.07, 6.45) is 8.69. The van der Waals surface area contributed by atoms with Gasteiger partial charge < -0.3 is 9.80 Å². The zero-order chi connectivity index (χ0) is 17.4. The Morgan fingerprint density at radius 1 is 1.16 bits per heavy atom. The van der Waals surface area contributed by atoms with E-state index in [1.165, 1.54) is 32.1 Å². The molecule has 1 saturated carbocycles. The molecule has 4 atom stereocenters. The fourth-order valence-corrected chi connectivity index (χ4v) is 6.73. The summed E-state index contributed by atoms with van der Waals surface area (Å²) in [5.74, 6) is 0.811. The van der Waals surface area contributed by atoms with E-state index in [-0.39, 0.29) is 22.8 Å². The molecule has 1 amide bonds. The predicted octanol–water partition coefficient (Wildman–Crippen LogP) is 1.43. The van der Waals surface area contributed by atoms with Crippen LogP contribution < -0.4 is 5.32 Å². The van der Waals surface area contributed by atoms with Crippen LogP contribution in [0.15, 0.2) is 0 Å². The van der Waals surface area contributed by atoms with Crippen molar-refractivity contribution in [3.8, 4) is 6.19 Å². The van der Waals surface area contributed by atoms with E-state index in [2.05, 4.69) is 16.4 Å². The van der Waals surface area contributed by atoms with Crippen LogP contribution in [-0.4, -0.2) is 75.6 Å². The molecule has 0 aromatic rings. The maximum absolute atomic E-state index is 13.1. The molecule has 6 nitrogen and oxygen atoms in total. The highest BCUT2D eigenvalue weighted by atomic mass is 35.5. The van der Waals surface area contributed by atoms with Crippen LogP contribution in [0.25, 0.3) is 0 Å². The summed E-state index contributed by atoms with van der Waals surface area (Å²) in [5.41, 5.74) is -0.192. The summed E-state index contributed by atoms with van der Waals surface area (Å²) in [4.78, 5) is 19.0. The van der Waals surface area contributed by atoms with Crippen molar-refractivity contribution in [2.24, 2.45) is 5.92 Å². The molecule has 138 valence electrons. The van der Waals surface area contributed by atoms with Gasteiger partial charge in [0.05, 0.1) is 11.9 Å². The lowest BCUT2D eigenvalue weighted by Crippen LogP contribution is -2.65. The third kappa shape index (κ3) is 3.46. The van der Waals surface area contributed by atoms with Crippen LogP contribution in [0.4, 0.5) is 0 Å². The number of alkyl halides is 1. The van der Waals surface area contributed by atoms with E-state index >= 15 is 0 Å². The number of halogens is 1. The second-order valence-electron chi connectivity index (χ2n) is 7.54. The number of amides is 1. The average Bonchev–Trinajstić information content (AvgIpc) is 3.04. The number of hydrogen-bond acceptors (Lipinski definition) is 6. The molecular formula is C17H26ClN5OS. The van der Waals surface area contributed by atoms with E-state index in [9.17, 15) is 4.79 Å². The van der Waals surface area contributed by atoms with Crippen molar-refractivity contribution < 1.29 is 4.79 Å². The third-order valence-electron chi connectivity index (χ3n) is 6.07. The SMILES string of the molecule is N#CN1CCN2CCN(C3SC(C4CCCCC4)NC3Cl)C(=O)[C@H]2C1. The van der Waals surface area contributed by atoms with E-state index in [1.807, 2.05) is 16.7 Å². The average molecular weight is 384 g/mol. The van der Waals surface area contributed by atoms with Gasteiger partial charge in [0.15, 0.2) is 6.19 Å². The Balaban J connectivity index is 1.42. The molecule has 0 bridgehead atoms. The molecule has 3 unspecified atom stereocenters. The summed E-state index contributed by atoms with van der Waals surface area (Å²) in [7, 11) is 0. The maximum atomic E-state index is 13.1. The van der Waals surface area contributed by atoms with Gasteiger partial charge in [-0.2, -0.15) is 5.26 Å². The topological polar surface area (TPSA) is 62.6 Å². The number of carbonyl (C=O) groups excluding carboxylic acids is 1. The Morgan fingerprint density at radius 2 is 1.92 bits per heavy atom. The largest absolute Gasteiger partial charge is 0.325 e. The molecule has 4 aliphatic rings. The summed E-state index contributed by atoms with van der Waals surface area (Å²) < 4.78 is 0. The number of hydrogen-bond donors (Lipinski definition) is 1. The highest BCUT2D eigenvalue weighted by Crippen LogP contribution is 2.41. The Morgan fingerprint density at radius 3 is 2.68 bits per heavy atom. The van der Waals surface area contributed by atoms with Crippen LogP contribution in [0.5, 0.6) is 0 Å². The highest BCUT2D eigenvalue weighted by Gasteiger charge is 2.47. The smallest absolute Gasteiger partial charge is 0.242 e. The summed E-state index contributed by atoms with van der Waals surface area (Å²) in [6, 6.07) is -0.194. The number of nitrogens with one attached hydrogen (secondary N) is 1. The van der Waals surface area contributed by atoms with Gasteiger partial charge in [0.25, 0.3) is 0 Å². The zero-order valence-corrected chi connectivity index (χ0v) is 16.0. The van der Waals surface area contributed by atoms with Crippen molar-refractivity contribution in [2.45, 2.75) is 54.4 Å². The molecule has 0 spiro atoms. The van der Waals surface area contributed by atoms with Crippen LogP contribution in [0.2, 0.25) is 0 Å². The maximum Gasteiger partial charge on any atom is 0.242 e. The van der Waals surface area contributed by atoms with Gasteiger partial charge in [0.2, 0.25) is 5.91 Å². The first-order valence-electron chi connectivity index (χ1n) is 9.42. The molecule has 4 fully saturated rings. The van der Waals surface area contributed by atoms with Gasteiger partial charge in [0, 0.05) is 26.2 Å². The number of thioether (sulfide) groups is 1. The quantitative estimate of drug-likeness (QED) is 0.442. The Kier molecular flexibility index (Phi) is 5.33. The van der Waals surface area contributed by atoms with Gasteiger partial charge >= 0.3 is 0 Å². The Labute approximate surface area is 158 Å². The van der Waals surface area contributed by atoms with E-state index in [4.69, 9.17) is 16.9 Å². The standard InChI is InChI=1S/C17H26ClN5OS/c18-14-17(25-15(20-14)12-4-2-1-3-5-12)23-9-8-22-7-6-21(11-19)10-13(22)16(23)24/h12-15,17,20H,1-10H2/t13-,14?,15?,17?/m1/s1. The molecule has 0 radical (unpaired) electrons. The summed E-state index contributed by atoms with van der Waals surface area (Å²) in [6.45, 7) is 3.65. The van der Waals surface area contributed by atoms with Gasteiger partial charge in [-0.15, -0.1) is 23.4 Å². The molecule has 3 heterocycles. The number of carbonyl (C=O) groups is 1. The Hall–Kier alpha value is -0.680. The summed E-state index contributed by atoms with van der Waals surface area (Å²) >= 11 is 8.47. The van der Waals surface area contributed by atoms with Crippen molar-refractivity contribution in [2.75, 3.05) is 32.7 Å². The van der Waals surface area contributed by atoms with E-state index in [0.717, 1.165) is 26.2 Å². The summed E-state index contributed by atoms with van der Waals surface area (Å²) in [5, 5.41) is 13.1. The molecule has 4 rings (SSSR count). The molecule has 0 aromatic carbocycles. The van der Waals surface area contributed by atoms with E-state index in [0.29, 0.717) is 17.8 Å². The molecule has 3 aliphatic heterocycles. The first kappa shape index (κ1) is 17.7. The van der Waals surface area contributed by atoms with Crippen molar-refractivity contribution >= 4 is 29.3 Å². The second kappa shape index (κ2) is 7.51. The minimum atomic E-state index is -0.194. The van der Waals surface area contributed by atoms with E-state index < -0.39 is 0 Å². The van der Waals surface area contributed by atoms with Crippen LogP contribution in [0.1, 0.15) is 32.1 Å². The van der Waals surface area contributed by atoms with Crippen LogP contribution in [0.3, 0.4) is 0 Å². The normalized spacial score (nSPS) is 37.8. The van der Waals surface area contributed by atoms with Crippen LogP contribution in [-0.2, 0) is 4.79 Å². The Bertz CT molecular complexity index is 552. The molecule has 0 aromatic heterocycles. The number of piperazine rings is 2. The van der Waals surface area contributed by atoms with Gasteiger partial charge in [-0.25, -0.2) is 0 Å². The monoisotopic (exact) mass is 383 g/mol. The second-order valence-corrected chi connectivity index (χ2v) is 9.28. The number of nitrogens with zero attached hydrogens (tertiary/aromatic N) is 4. The third-order valence-corrected chi connectivity index (χ3v) is 8.21. The molecule has 3 saturated heterocycles. The zero-order valence-electron chi connectivity index (χ0n) is 14.4. The van der Waals surface area contributed by atoms with Gasteiger partial charge in [-0.3, -0.25) is 15.0 Å². The van der Waals surface area contributed by atoms with Gasteiger partial charge in [0.1, 0.15) is 16.9 Å². The van der Waals surface area contributed by atoms with Crippen molar-refractivity contribution in [1.82, 2.24) is 20.0 Å².